The normalized spacial score (nSPS) is 38.5. The van der Waals surface area contributed by atoms with Crippen molar-refractivity contribution in [3.05, 3.63) is 35.9 Å². The minimum absolute atomic E-state index is 0.177. The molecule has 3 fully saturated rings. The van der Waals surface area contributed by atoms with Crippen LogP contribution in [0.2, 0.25) is 0 Å². The smallest absolute Gasteiger partial charge is 0.338 e. The standard InChI is InChI=1S/C16H18O6/c1-16(2)21-11-10-8-18-15(19-10)13(12(11)22-16)20-14(17)9-6-4-3-5-7-9/h3-7,10-13,15H,8H2,1-2H3/t10-,11+,12+,13-,15?/m1/s1. The van der Waals surface area contributed by atoms with Gasteiger partial charge in [-0.25, -0.2) is 4.79 Å². The summed E-state index contributed by atoms with van der Waals surface area (Å²) < 4.78 is 28.7. The van der Waals surface area contributed by atoms with Crippen molar-refractivity contribution in [3.63, 3.8) is 0 Å². The van der Waals surface area contributed by atoms with Gasteiger partial charge in [0.05, 0.1) is 12.2 Å². The number of esters is 1. The molecule has 6 heteroatoms. The first-order valence-electron chi connectivity index (χ1n) is 7.42. The second kappa shape index (κ2) is 5.03. The first-order chi connectivity index (χ1) is 10.5. The number of carbonyl (C=O) groups is 1. The summed E-state index contributed by atoms with van der Waals surface area (Å²) in [5.41, 5.74) is 0.484. The molecule has 0 saturated carbocycles. The van der Waals surface area contributed by atoms with E-state index in [4.69, 9.17) is 23.7 Å². The van der Waals surface area contributed by atoms with E-state index in [1.807, 2.05) is 19.9 Å². The molecular weight excluding hydrogens is 288 g/mol. The highest BCUT2D eigenvalue weighted by molar-refractivity contribution is 5.89. The lowest BCUT2D eigenvalue weighted by molar-refractivity contribution is -0.205. The third-order valence-electron chi connectivity index (χ3n) is 4.11. The van der Waals surface area contributed by atoms with Gasteiger partial charge in [0, 0.05) is 0 Å². The molecule has 22 heavy (non-hydrogen) atoms. The maximum absolute atomic E-state index is 12.3. The van der Waals surface area contributed by atoms with Crippen LogP contribution in [0.3, 0.4) is 0 Å². The molecule has 5 atom stereocenters. The molecule has 1 unspecified atom stereocenters. The zero-order valence-electron chi connectivity index (χ0n) is 12.4. The van der Waals surface area contributed by atoms with E-state index in [-0.39, 0.29) is 18.3 Å². The molecule has 1 aromatic carbocycles. The molecule has 2 bridgehead atoms. The van der Waals surface area contributed by atoms with Gasteiger partial charge in [-0.2, -0.15) is 0 Å². The molecule has 4 rings (SSSR count). The zero-order valence-corrected chi connectivity index (χ0v) is 12.4. The monoisotopic (exact) mass is 306 g/mol. The summed E-state index contributed by atoms with van der Waals surface area (Å²) in [5, 5.41) is 0. The molecule has 3 aliphatic rings. The lowest BCUT2D eigenvalue weighted by atomic mass is 10.0. The van der Waals surface area contributed by atoms with Crippen molar-refractivity contribution in [2.75, 3.05) is 6.61 Å². The molecule has 0 aliphatic carbocycles. The molecule has 1 aromatic rings. The number of rotatable bonds is 2. The van der Waals surface area contributed by atoms with E-state index >= 15 is 0 Å². The third kappa shape index (κ3) is 2.32. The van der Waals surface area contributed by atoms with Crippen LogP contribution in [-0.2, 0) is 23.7 Å². The van der Waals surface area contributed by atoms with Crippen LogP contribution in [0.1, 0.15) is 24.2 Å². The summed E-state index contributed by atoms with van der Waals surface area (Å²) in [7, 11) is 0. The van der Waals surface area contributed by atoms with Crippen molar-refractivity contribution >= 4 is 5.97 Å². The Balaban J connectivity index is 1.56. The van der Waals surface area contributed by atoms with Crippen LogP contribution < -0.4 is 0 Å². The molecule has 0 amide bonds. The predicted octanol–water partition coefficient (Wildman–Crippen LogP) is 1.49. The fraction of sp³-hybridized carbons (Fsp3) is 0.562. The van der Waals surface area contributed by atoms with Crippen molar-refractivity contribution in [1.29, 1.82) is 0 Å². The highest BCUT2D eigenvalue weighted by Crippen LogP contribution is 2.41. The van der Waals surface area contributed by atoms with Gasteiger partial charge in [-0.3, -0.25) is 0 Å². The van der Waals surface area contributed by atoms with Gasteiger partial charge in [0.1, 0.15) is 18.3 Å². The largest absolute Gasteiger partial charge is 0.450 e. The Morgan fingerprint density at radius 3 is 2.68 bits per heavy atom. The molecule has 3 saturated heterocycles. The van der Waals surface area contributed by atoms with Crippen LogP contribution in [0.4, 0.5) is 0 Å². The summed E-state index contributed by atoms with van der Waals surface area (Å²) in [6.45, 7) is 4.11. The van der Waals surface area contributed by atoms with E-state index in [1.165, 1.54) is 0 Å². The summed E-state index contributed by atoms with van der Waals surface area (Å²) in [5.74, 6) is -1.14. The van der Waals surface area contributed by atoms with Crippen LogP contribution >= 0.6 is 0 Å². The van der Waals surface area contributed by atoms with Crippen molar-refractivity contribution in [1.82, 2.24) is 0 Å². The summed E-state index contributed by atoms with van der Waals surface area (Å²) in [6.07, 6.45) is -2.09. The number of fused-ring (bicyclic) bond motifs is 4. The van der Waals surface area contributed by atoms with Crippen LogP contribution in [0.25, 0.3) is 0 Å². The Hall–Kier alpha value is -1.47. The Labute approximate surface area is 128 Å². The van der Waals surface area contributed by atoms with E-state index in [0.717, 1.165) is 0 Å². The lowest BCUT2D eigenvalue weighted by Crippen LogP contribution is -2.54. The minimum atomic E-state index is -0.722. The zero-order chi connectivity index (χ0) is 15.3. The fourth-order valence-corrected chi connectivity index (χ4v) is 3.19. The molecule has 0 aromatic heterocycles. The Morgan fingerprint density at radius 1 is 1.18 bits per heavy atom. The SMILES string of the molecule is CC1(C)O[C@@H]2[C@H](O1)[C@@H](OC(=O)c1ccccc1)C1OC[C@H]2O1. The Kier molecular flexibility index (Phi) is 3.23. The molecule has 0 N–H and O–H groups in total. The maximum Gasteiger partial charge on any atom is 0.338 e. The first kappa shape index (κ1) is 14.1. The van der Waals surface area contributed by atoms with E-state index in [0.29, 0.717) is 12.2 Å². The molecular formula is C16H18O6. The van der Waals surface area contributed by atoms with Crippen molar-refractivity contribution in [2.24, 2.45) is 0 Å². The number of hydrogen-bond donors (Lipinski definition) is 0. The molecule has 0 spiro atoms. The molecule has 3 aliphatic heterocycles. The van der Waals surface area contributed by atoms with Gasteiger partial charge in [-0.1, -0.05) is 18.2 Å². The van der Waals surface area contributed by atoms with Crippen molar-refractivity contribution in [2.45, 2.75) is 50.3 Å². The second-order valence-corrected chi connectivity index (χ2v) is 6.18. The summed E-state index contributed by atoms with van der Waals surface area (Å²) in [4.78, 5) is 12.3. The van der Waals surface area contributed by atoms with E-state index < -0.39 is 24.2 Å². The van der Waals surface area contributed by atoms with E-state index in [9.17, 15) is 4.79 Å². The first-order valence-corrected chi connectivity index (χ1v) is 7.42. The summed E-state index contributed by atoms with van der Waals surface area (Å²) in [6, 6.07) is 8.83. The van der Waals surface area contributed by atoms with E-state index in [1.54, 1.807) is 24.3 Å². The van der Waals surface area contributed by atoms with E-state index in [2.05, 4.69) is 0 Å². The lowest BCUT2D eigenvalue weighted by Gasteiger charge is -2.34. The Morgan fingerprint density at radius 2 is 1.91 bits per heavy atom. The number of hydrogen-bond acceptors (Lipinski definition) is 6. The van der Waals surface area contributed by atoms with Crippen LogP contribution in [0, 0.1) is 0 Å². The van der Waals surface area contributed by atoms with Gasteiger partial charge in [0.25, 0.3) is 0 Å². The maximum atomic E-state index is 12.3. The van der Waals surface area contributed by atoms with Gasteiger partial charge in [-0.05, 0) is 26.0 Å². The summed E-state index contributed by atoms with van der Waals surface area (Å²) >= 11 is 0. The highest BCUT2D eigenvalue weighted by Gasteiger charge is 2.60. The van der Waals surface area contributed by atoms with Crippen molar-refractivity contribution < 1.29 is 28.5 Å². The van der Waals surface area contributed by atoms with Gasteiger partial charge in [-0.15, -0.1) is 0 Å². The minimum Gasteiger partial charge on any atom is -0.450 e. The second-order valence-electron chi connectivity index (χ2n) is 6.18. The van der Waals surface area contributed by atoms with Gasteiger partial charge in [0.15, 0.2) is 18.2 Å². The number of carbonyl (C=O) groups excluding carboxylic acids is 1. The number of benzene rings is 1. The van der Waals surface area contributed by atoms with Gasteiger partial charge < -0.3 is 23.7 Å². The average molecular weight is 306 g/mol. The molecule has 0 radical (unpaired) electrons. The molecule has 118 valence electrons. The van der Waals surface area contributed by atoms with Gasteiger partial charge >= 0.3 is 5.97 Å². The fourth-order valence-electron chi connectivity index (χ4n) is 3.19. The Bertz CT molecular complexity index is 571. The van der Waals surface area contributed by atoms with Crippen LogP contribution in [0.5, 0.6) is 0 Å². The topological polar surface area (TPSA) is 63.2 Å². The average Bonchev–Trinajstić information content (AvgIpc) is 3.07. The van der Waals surface area contributed by atoms with Crippen LogP contribution in [0.15, 0.2) is 30.3 Å². The highest BCUT2D eigenvalue weighted by atomic mass is 16.8. The van der Waals surface area contributed by atoms with Gasteiger partial charge in [0.2, 0.25) is 0 Å². The third-order valence-corrected chi connectivity index (χ3v) is 4.11. The predicted molar refractivity (Wildman–Crippen MR) is 74.1 cm³/mol. The van der Waals surface area contributed by atoms with Crippen molar-refractivity contribution in [3.8, 4) is 0 Å². The number of ether oxygens (including phenoxy) is 5. The molecule has 6 nitrogen and oxygen atoms in total. The van der Waals surface area contributed by atoms with Crippen LogP contribution in [-0.4, -0.2) is 49.1 Å². The molecule has 3 heterocycles. The quantitative estimate of drug-likeness (QED) is 0.771.